The van der Waals surface area contributed by atoms with E-state index in [0.29, 0.717) is 46.3 Å². The molecule has 134 valence electrons. The van der Waals surface area contributed by atoms with Crippen molar-refractivity contribution in [3.05, 3.63) is 44.8 Å². The van der Waals surface area contributed by atoms with Crippen molar-refractivity contribution in [3.63, 3.8) is 0 Å². The highest BCUT2D eigenvalue weighted by Crippen LogP contribution is 2.32. The first kappa shape index (κ1) is 20.1. The van der Waals surface area contributed by atoms with E-state index in [1.54, 1.807) is 23.1 Å². The van der Waals surface area contributed by atoms with Crippen molar-refractivity contribution in [2.45, 2.75) is 0 Å². The number of hydrogen-bond acceptors (Lipinski definition) is 5. The molecule has 1 aliphatic heterocycles. The standard InChI is InChI=1S/C15H15Cl2N3O3S2/c16-5-7-18(8-6-17)10-19-14(21)13(25-15(19)24)9-11-1-3-12(4-2-11)20(22)23/h1-4,9H,5-8,10H2/p+1/b13-9-. The summed E-state index contributed by atoms with van der Waals surface area (Å²) in [5, 5.41) is 10.7. The fraction of sp³-hybridized carbons (Fsp3) is 0.333. The van der Waals surface area contributed by atoms with Crippen LogP contribution in [-0.2, 0) is 4.79 Å². The van der Waals surface area contributed by atoms with Crippen molar-refractivity contribution in [3.8, 4) is 0 Å². The predicted octanol–water partition coefficient (Wildman–Crippen LogP) is 2.12. The lowest BCUT2D eigenvalue weighted by Gasteiger charge is -2.22. The van der Waals surface area contributed by atoms with Gasteiger partial charge in [0.2, 0.25) is 0 Å². The Morgan fingerprint density at radius 1 is 1.24 bits per heavy atom. The topological polar surface area (TPSA) is 67.9 Å². The number of thioether (sulfide) groups is 1. The van der Waals surface area contributed by atoms with Crippen molar-refractivity contribution in [1.82, 2.24) is 4.90 Å². The maximum absolute atomic E-state index is 12.6. The second kappa shape index (κ2) is 9.49. The number of hydrogen-bond donors (Lipinski definition) is 1. The van der Waals surface area contributed by atoms with E-state index in [0.717, 1.165) is 4.90 Å². The summed E-state index contributed by atoms with van der Waals surface area (Å²) in [6.07, 6.45) is 1.69. The second-order valence-electron chi connectivity index (χ2n) is 5.24. The number of amides is 1. The molecule has 1 aromatic rings. The van der Waals surface area contributed by atoms with Gasteiger partial charge in [-0.2, -0.15) is 0 Å². The molecule has 1 saturated heterocycles. The van der Waals surface area contributed by atoms with Gasteiger partial charge < -0.3 is 4.90 Å². The van der Waals surface area contributed by atoms with Gasteiger partial charge in [0.25, 0.3) is 11.6 Å². The minimum atomic E-state index is -0.464. The number of nitro benzene ring substituents is 1. The average molecular weight is 421 g/mol. The molecule has 1 aromatic carbocycles. The number of non-ortho nitro benzene ring substituents is 1. The van der Waals surface area contributed by atoms with Crippen molar-refractivity contribution < 1.29 is 14.6 Å². The fourth-order valence-corrected chi connectivity index (χ4v) is 4.04. The number of rotatable bonds is 8. The molecule has 1 fully saturated rings. The Balaban J connectivity index is 2.12. The van der Waals surface area contributed by atoms with Gasteiger partial charge in [0.1, 0.15) is 0 Å². The maximum atomic E-state index is 12.6. The summed E-state index contributed by atoms with van der Waals surface area (Å²) < 4.78 is 0.486. The van der Waals surface area contributed by atoms with Crippen LogP contribution in [-0.4, -0.2) is 51.6 Å². The van der Waals surface area contributed by atoms with Gasteiger partial charge in [0.05, 0.1) is 34.7 Å². The first-order chi connectivity index (χ1) is 12.0. The molecule has 1 N–H and O–H groups in total. The molecule has 1 aliphatic rings. The minimum absolute atomic E-state index is 0.00564. The van der Waals surface area contributed by atoms with Crippen LogP contribution >= 0.6 is 47.2 Å². The quantitative estimate of drug-likeness (QED) is 0.229. The van der Waals surface area contributed by atoms with Crippen molar-refractivity contribution in [2.75, 3.05) is 31.5 Å². The number of quaternary nitrogens is 1. The highest BCUT2D eigenvalue weighted by molar-refractivity contribution is 8.26. The summed E-state index contributed by atoms with van der Waals surface area (Å²) in [5.41, 5.74) is 0.711. The summed E-state index contributed by atoms with van der Waals surface area (Å²) in [5.74, 6) is 0.772. The molecule has 25 heavy (non-hydrogen) atoms. The lowest BCUT2D eigenvalue weighted by molar-refractivity contribution is -0.902. The van der Waals surface area contributed by atoms with Crippen LogP contribution in [0.25, 0.3) is 6.08 Å². The van der Waals surface area contributed by atoms with Crippen LogP contribution in [0.15, 0.2) is 29.2 Å². The van der Waals surface area contributed by atoms with Gasteiger partial charge in [-0.3, -0.25) is 14.9 Å². The summed E-state index contributed by atoms with van der Waals surface area (Å²) in [7, 11) is 0. The van der Waals surface area contributed by atoms with Gasteiger partial charge in [0.15, 0.2) is 11.0 Å². The van der Waals surface area contributed by atoms with Gasteiger partial charge in [0, 0.05) is 12.1 Å². The van der Waals surface area contributed by atoms with Crippen LogP contribution in [0, 0.1) is 10.1 Å². The third-order valence-electron chi connectivity index (χ3n) is 3.55. The Hall–Kier alpha value is -1.19. The highest BCUT2D eigenvalue weighted by Gasteiger charge is 2.34. The van der Waals surface area contributed by atoms with E-state index in [1.165, 1.54) is 23.9 Å². The normalized spacial score (nSPS) is 16.3. The zero-order chi connectivity index (χ0) is 18.4. The first-order valence-electron chi connectivity index (χ1n) is 7.41. The molecule has 0 aromatic heterocycles. The lowest BCUT2D eigenvalue weighted by Crippen LogP contribution is -3.14. The highest BCUT2D eigenvalue weighted by atomic mass is 35.5. The zero-order valence-electron chi connectivity index (χ0n) is 13.1. The SMILES string of the molecule is O=C1/C(=C/c2ccc([N+](=O)[O-])cc2)SC(=S)N1C[NH+](CCCl)CCCl. The molecular formula is C15H16Cl2N3O3S2+. The summed E-state index contributed by atoms with van der Waals surface area (Å²) in [6.45, 7) is 1.79. The monoisotopic (exact) mass is 420 g/mol. The van der Waals surface area contributed by atoms with Crippen LogP contribution in [0.3, 0.4) is 0 Å². The van der Waals surface area contributed by atoms with E-state index in [2.05, 4.69) is 0 Å². The zero-order valence-corrected chi connectivity index (χ0v) is 16.3. The molecule has 0 bridgehead atoms. The number of halogens is 2. The van der Waals surface area contributed by atoms with Crippen molar-refractivity contribution >= 4 is 69.2 Å². The first-order valence-corrected chi connectivity index (χ1v) is 9.71. The Bertz CT molecular complexity index is 692. The van der Waals surface area contributed by atoms with Crippen LogP contribution in [0.2, 0.25) is 0 Å². The van der Waals surface area contributed by atoms with Crippen LogP contribution in [0.1, 0.15) is 5.56 Å². The third-order valence-corrected chi connectivity index (χ3v) is 5.31. The van der Waals surface area contributed by atoms with Crippen LogP contribution < -0.4 is 4.90 Å². The number of thiocarbonyl (C=S) groups is 1. The van der Waals surface area contributed by atoms with E-state index in [1.807, 2.05) is 0 Å². The fourth-order valence-electron chi connectivity index (χ4n) is 2.25. The summed E-state index contributed by atoms with van der Waals surface area (Å²) in [6, 6.07) is 6.01. The Morgan fingerprint density at radius 3 is 2.36 bits per heavy atom. The van der Waals surface area contributed by atoms with Crippen molar-refractivity contribution in [2.24, 2.45) is 0 Å². The molecule has 0 saturated carbocycles. The van der Waals surface area contributed by atoms with Crippen LogP contribution in [0.5, 0.6) is 0 Å². The van der Waals surface area contributed by atoms with Gasteiger partial charge in [-0.25, -0.2) is 4.90 Å². The largest absolute Gasteiger partial charge is 0.315 e. The predicted molar refractivity (Wildman–Crippen MR) is 105 cm³/mol. The lowest BCUT2D eigenvalue weighted by atomic mass is 10.2. The number of nitrogens with one attached hydrogen (secondary N) is 1. The Kier molecular flexibility index (Phi) is 7.64. The van der Waals surface area contributed by atoms with Gasteiger partial charge in [-0.15, -0.1) is 23.2 Å². The number of nitro groups is 1. The smallest absolute Gasteiger partial charge is 0.270 e. The van der Waals surface area contributed by atoms with E-state index in [9.17, 15) is 14.9 Å². The summed E-state index contributed by atoms with van der Waals surface area (Å²) >= 11 is 18.1. The molecule has 6 nitrogen and oxygen atoms in total. The number of nitrogens with zero attached hydrogens (tertiary/aromatic N) is 2. The molecular weight excluding hydrogens is 405 g/mol. The van der Waals surface area contributed by atoms with Crippen molar-refractivity contribution in [1.29, 1.82) is 0 Å². The molecule has 0 spiro atoms. The third kappa shape index (κ3) is 5.39. The Morgan fingerprint density at radius 2 is 1.84 bits per heavy atom. The molecule has 0 atom stereocenters. The van der Waals surface area contributed by atoms with Gasteiger partial charge >= 0.3 is 0 Å². The molecule has 2 rings (SSSR count). The number of alkyl halides is 2. The van der Waals surface area contributed by atoms with E-state index in [4.69, 9.17) is 35.4 Å². The van der Waals surface area contributed by atoms with Crippen LogP contribution in [0.4, 0.5) is 5.69 Å². The number of carbonyl (C=O) groups excluding carboxylic acids is 1. The molecule has 0 radical (unpaired) electrons. The maximum Gasteiger partial charge on any atom is 0.270 e. The average Bonchev–Trinajstić information content (AvgIpc) is 2.83. The van der Waals surface area contributed by atoms with Gasteiger partial charge in [-0.1, -0.05) is 24.0 Å². The molecule has 1 heterocycles. The molecule has 10 heteroatoms. The summed E-state index contributed by atoms with van der Waals surface area (Å²) in [4.78, 5) is 26.0. The molecule has 1 amide bonds. The van der Waals surface area contributed by atoms with E-state index in [-0.39, 0.29) is 11.6 Å². The van der Waals surface area contributed by atoms with E-state index >= 15 is 0 Å². The molecule has 0 aliphatic carbocycles. The minimum Gasteiger partial charge on any atom is -0.315 e. The van der Waals surface area contributed by atoms with E-state index < -0.39 is 4.92 Å². The molecule has 0 unspecified atom stereocenters. The van der Waals surface area contributed by atoms with Gasteiger partial charge in [-0.05, 0) is 23.8 Å². The Labute approximate surface area is 164 Å². The second-order valence-corrected chi connectivity index (χ2v) is 7.68. The number of carbonyl (C=O) groups is 1. The number of benzene rings is 1.